The topological polar surface area (TPSA) is 26.0 Å². The molecule has 0 aliphatic heterocycles. The van der Waals surface area contributed by atoms with E-state index in [2.05, 4.69) is 35.6 Å². The maximum atomic E-state index is 5.40. The average Bonchev–Trinajstić information content (AvgIpc) is 2.89. The van der Waals surface area contributed by atoms with Crippen LogP contribution in [0, 0.1) is 6.39 Å². The van der Waals surface area contributed by atoms with Crippen LogP contribution in [0.1, 0.15) is 0 Å². The molecule has 2 nitrogen and oxygen atoms in total. The lowest BCUT2D eigenvalue weighted by Gasteiger charge is -2.04. The molecule has 0 saturated heterocycles. The van der Waals surface area contributed by atoms with E-state index in [1.54, 1.807) is 0 Å². The van der Waals surface area contributed by atoms with Gasteiger partial charge >= 0.3 is 0 Å². The van der Waals surface area contributed by atoms with Crippen LogP contribution in [0.3, 0.4) is 0 Å². The van der Waals surface area contributed by atoms with Crippen molar-refractivity contribution in [3.8, 4) is 0 Å². The van der Waals surface area contributed by atoms with Gasteiger partial charge in [-0.1, -0.05) is 48.5 Å². The Kier molecular flexibility index (Phi) is 1.59. The van der Waals surface area contributed by atoms with E-state index in [4.69, 9.17) is 4.42 Å². The molecule has 4 aromatic rings. The van der Waals surface area contributed by atoms with E-state index < -0.39 is 0 Å². The lowest BCUT2D eigenvalue weighted by Crippen LogP contribution is -1.80. The summed E-state index contributed by atoms with van der Waals surface area (Å²) >= 11 is 0. The van der Waals surface area contributed by atoms with Crippen LogP contribution in [0.2, 0.25) is 0 Å². The first kappa shape index (κ1) is 8.76. The minimum atomic E-state index is 0.819. The number of hydrogen-bond acceptors (Lipinski definition) is 2. The molecular weight excluding hydrogens is 210 g/mol. The van der Waals surface area contributed by atoms with Gasteiger partial charge in [-0.25, -0.2) is 4.98 Å². The summed E-state index contributed by atoms with van der Waals surface area (Å²) in [5, 5.41) is 4.61. The lowest BCUT2D eigenvalue weighted by atomic mass is 10.0. The van der Waals surface area contributed by atoms with Crippen LogP contribution < -0.4 is 0 Å². The normalized spacial score (nSPS) is 11.5. The summed E-state index contributed by atoms with van der Waals surface area (Å²) in [6.07, 6.45) is 2.60. The molecule has 0 spiro atoms. The minimum absolute atomic E-state index is 0.819. The van der Waals surface area contributed by atoms with Gasteiger partial charge in [-0.3, -0.25) is 0 Å². The molecular formula is C15H8NO. The molecule has 0 unspecified atom stereocenters. The van der Waals surface area contributed by atoms with Gasteiger partial charge in [0.1, 0.15) is 5.52 Å². The second kappa shape index (κ2) is 3.08. The standard InChI is InChI=1S/C15H8NO/c1-3-7-12-10(5-1)11-6-2-4-8-13(11)15-14(12)16-9-17-15/h1-8H. The fourth-order valence-electron chi connectivity index (χ4n) is 2.42. The summed E-state index contributed by atoms with van der Waals surface area (Å²) in [6, 6.07) is 16.5. The minimum Gasteiger partial charge on any atom is -0.432 e. The second-order valence-electron chi connectivity index (χ2n) is 4.07. The van der Waals surface area contributed by atoms with Crippen LogP contribution in [0.5, 0.6) is 0 Å². The third-order valence-corrected chi connectivity index (χ3v) is 3.16. The van der Waals surface area contributed by atoms with Gasteiger partial charge in [-0.2, -0.15) is 0 Å². The molecule has 0 bridgehead atoms. The Labute approximate surface area is 97.5 Å². The van der Waals surface area contributed by atoms with Crippen LogP contribution >= 0.6 is 0 Å². The Morgan fingerprint density at radius 1 is 0.765 bits per heavy atom. The highest BCUT2D eigenvalue weighted by atomic mass is 16.3. The van der Waals surface area contributed by atoms with Gasteiger partial charge in [-0.05, 0) is 10.8 Å². The molecule has 2 heteroatoms. The first-order chi connectivity index (χ1) is 8.45. The third-order valence-electron chi connectivity index (χ3n) is 3.16. The SMILES string of the molecule is [c]1nc2c3ccccc3c3ccccc3c2o1. The number of nitrogens with zero attached hydrogens (tertiary/aromatic N) is 1. The quantitative estimate of drug-likeness (QED) is 0.418. The first-order valence-electron chi connectivity index (χ1n) is 5.51. The van der Waals surface area contributed by atoms with Crippen molar-refractivity contribution in [2.45, 2.75) is 0 Å². The number of benzene rings is 3. The smallest absolute Gasteiger partial charge is 0.284 e. The van der Waals surface area contributed by atoms with Crippen LogP contribution in [0.25, 0.3) is 32.6 Å². The van der Waals surface area contributed by atoms with Crippen molar-refractivity contribution in [2.75, 3.05) is 0 Å². The molecule has 1 radical (unpaired) electrons. The molecule has 0 aliphatic carbocycles. The van der Waals surface area contributed by atoms with Crippen LogP contribution in [-0.2, 0) is 0 Å². The summed E-state index contributed by atoms with van der Waals surface area (Å²) < 4.78 is 5.40. The first-order valence-corrected chi connectivity index (χ1v) is 5.51. The lowest BCUT2D eigenvalue weighted by molar-refractivity contribution is 0.594. The van der Waals surface area contributed by atoms with Crippen molar-refractivity contribution in [1.82, 2.24) is 4.98 Å². The van der Waals surface area contributed by atoms with Crippen LogP contribution in [0.4, 0.5) is 0 Å². The molecule has 0 N–H and O–H groups in total. The van der Waals surface area contributed by atoms with Crippen molar-refractivity contribution < 1.29 is 4.42 Å². The molecule has 0 aliphatic rings. The maximum absolute atomic E-state index is 5.40. The van der Waals surface area contributed by atoms with Crippen molar-refractivity contribution in [2.24, 2.45) is 0 Å². The van der Waals surface area contributed by atoms with E-state index in [1.807, 2.05) is 24.3 Å². The molecule has 79 valence electrons. The number of hydrogen-bond donors (Lipinski definition) is 0. The predicted octanol–water partition coefficient (Wildman–Crippen LogP) is 3.93. The summed E-state index contributed by atoms with van der Waals surface area (Å²) in [6.45, 7) is 0. The van der Waals surface area contributed by atoms with E-state index in [0.29, 0.717) is 0 Å². The zero-order valence-corrected chi connectivity index (χ0v) is 8.97. The maximum Gasteiger partial charge on any atom is 0.284 e. The van der Waals surface area contributed by atoms with E-state index in [0.717, 1.165) is 21.9 Å². The molecule has 4 rings (SSSR count). The number of fused-ring (bicyclic) bond motifs is 6. The molecule has 1 heterocycles. The summed E-state index contributed by atoms with van der Waals surface area (Å²) in [7, 11) is 0. The van der Waals surface area contributed by atoms with E-state index >= 15 is 0 Å². The van der Waals surface area contributed by atoms with Crippen LogP contribution in [-0.4, -0.2) is 4.98 Å². The highest BCUT2D eigenvalue weighted by Gasteiger charge is 2.10. The zero-order valence-electron chi connectivity index (χ0n) is 8.97. The molecule has 0 atom stereocenters. The molecule has 17 heavy (non-hydrogen) atoms. The van der Waals surface area contributed by atoms with E-state index in [9.17, 15) is 0 Å². The Bertz CT molecular complexity index is 775. The molecule has 0 saturated carbocycles. The van der Waals surface area contributed by atoms with Gasteiger partial charge < -0.3 is 4.42 Å². The monoisotopic (exact) mass is 218 g/mol. The Balaban J connectivity index is 2.48. The van der Waals surface area contributed by atoms with Gasteiger partial charge in [0.2, 0.25) is 0 Å². The summed E-state index contributed by atoms with van der Waals surface area (Å²) in [5.74, 6) is 0. The highest BCUT2D eigenvalue weighted by Crippen LogP contribution is 2.33. The number of oxazole rings is 1. The van der Waals surface area contributed by atoms with E-state index in [-0.39, 0.29) is 0 Å². The molecule has 0 amide bonds. The van der Waals surface area contributed by atoms with Gasteiger partial charge in [0, 0.05) is 10.8 Å². The number of rotatable bonds is 0. The fraction of sp³-hybridized carbons (Fsp3) is 0. The van der Waals surface area contributed by atoms with Gasteiger partial charge in [0.15, 0.2) is 5.58 Å². The van der Waals surface area contributed by atoms with Crippen molar-refractivity contribution in [1.29, 1.82) is 0 Å². The molecule has 0 fully saturated rings. The summed E-state index contributed by atoms with van der Waals surface area (Å²) in [4.78, 5) is 4.21. The van der Waals surface area contributed by atoms with Gasteiger partial charge in [0.05, 0.1) is 0 Å². The molecule has 3 aromatic carbocycles. The largest absolute Gasteiger partial charge is 0.432 e. The van der Waals surface area contributed by atoms with Crippen molar-refractivity contribution in [3.63, 3.8) is 0 Å². The predicted molar refractivity (Wildman–Crippen MR) is 67.9 cm³/mol. The number of aromatic nitrogens is 1. The van der Waals surface area contributed by atoms with Gasteiger partial charge in [0.25, 0.3) is 6.39 Å². The Morgan fingerprint density at radius 2 is 1.35 bits per heavy atom. The average molecular weight is 218 g/mol. The fourth-order valence-corrected chi connectivity index (χ4v) is 2.42. The van der Waals surface area contributed by atoms with Crippen LogP contribution in [0.15, 0.2) is 52.9 Å². The van der Waals surface area contributed by atoms with Gasteiger partial charge in [-0.15, -0.1) is 0 Å². The van der Waals surface area contributed by atoms with Crippen molar-refractivity contribution in [3.05, 3.63) is 54.9 Å². The molecule has 1 aromatic heterocycles. The Morgan fingerprint density at radius 3 is 2.12 bits per heavy atom. The van der Waals surface area contributed by atoms with E-state index in [1.165, 1.54) is 10.8 Å². The highest BCUT2D eigenvalue weighted by molar-refractivity contribution is 6.22. The second-order valence-corrected chi connectivity index (χ2v) is 4.07. The summed E-state index contributed by atoms with van der Waals surface area (Å²) in [5.41, 5.74) is 1.71. The Hall–Kier alpha value is -2.35. The zero-order chi connectivity index (χ0) is 11.2. The third kappa shape index (κ3) is 1.07. The van der Waals surface area contributed by atoms with Crippen molar-refractivity contribution >= 4 is 32.6 Å².